The van der Waals surface area contributed by atoms with Crippen LogP contribution in [0.2, 0.25) is 0 Å². The average Bonchev–Trinajstić information content (AvgIpc) is 2.69. The summed E-state index contributed by atoms with van der Waals surface area (Å²) in [5.41, 5.74) is 2.68. The molecule has 1 heterocycles. The molecule has 1 aromatic heterocycles. The van der Waals surface area contributed by atoms with Gasteiger partial charge >= 0.3 is 0 Å². The van der Waals surface area contributed by atoms with Gasteiger partial charge in [0.05, 0.1) is 11.6 Å². The molecular formula is C20H17N5O. The second-order valence-corrected chi connectivity index (χ2v) is 5.73. The predicted molar refractivity (Wildman–Crippen MR) is 98.7 cm³/mol. The lowest BCUT2D eigenvalue weighted by atomic mass is 10.2. The average molecular weight is 343 g/mol. The van der Waals surface area contributed by atoms with E-state index in [1.165, 1.54) is 0 Å². The van der Waals surface area contributed by atoms with Crippen LogP contribution < -0.4 is 5.32 Å². The molecule has 0 fully saturated rings. The molecule has 1 amide bonds. The van der Waals surface area contributed by atoms with Crippen LogP contribution in [0.4, 0.5) is 11.6 Å². The van der Waals surface area contributed by atoms with Crippen molar-refractivity contribution in [2.24, 2.45) is 0 Å². The van der Waals surface area contributed by atoms with E-state index in [4.69, 9.17) is 5.26 Å². The lowest BCUT2D eigenvalue weighted by molar-refractivity contribution is 0.0779. The number of amides is 1. The summed E-state index contributed by atoms with van der Waals surface area (Å²) in [6.07, 6.45) is 1.54. The first-order valence-corrected chi connectivity index (χ1v) is 8.05. The van der Waals surface area contributed by atoms with Gasteiger partial charge in [-0.05, 0) is 35.9 Å². The van der Waals surface area contributed by atoms with E-state index in [0.29, 0.717) is 23.8 Å². The molecule has 0 radical (unpaired) electrons. The fourth-order valence-electron chi connectivity index (χ4n) is 2.42. The number of nitrogens with one attached hydrogen (secondary N) is 1. The van der Waals surface area contributed by atoms with Gasteiger partial charge in [-0.1, -0.05) is 30.3 Å². The van der Waals surface area contributed by atoms with E-state index < -0.39 is 0 Å². The van der Waals surface area contributed by atoms with Gasteiger partial charge in [-0.3, -0.25) is 4.79 Å². The van der Waals surface area contributed by atoms with Crippen molar-refractivity contribution in [1.82, 2.24) is 14.9 Å². The fraction of sp³-hybridized carbons (Fsp3) is 0.100. The molecule has 26 heavy (non-hydrogen) atoms. The number of nitrogens with zero attached hydrogens (tertiary/aromatic N) is 4. The first-order valence-electron chi connectivity index (χ1n) is 8.05. The number of anilines is 2. The third kappa shape index (κ3) is 4.22. The molecule has 0 aliphatic heterocycles. The number of hydrogen-bond acceptors (Lipinski definition) is 5. The Hall–Kier alpha value is -3.72. The minimum absolute atomic E-state index is 0.181. The molecular weight excluding hydrogens is 326 g/mol. The van der Waals surface area contributed by atoms with Gasteiger partial charge in [0.15, 0.2) is 0 Å². The van der Waals surface area contributed by atoms with Crippen LogP contribution in [0, 0.1) is 11.3 Å². The molecule has 0 atom stereocenters. The maximum absolute atomic E-state index is 12.6. The minimum atomic E-state index is -0.181. The summed E-state index contributed by atoms with van der Waals surface area (Å²) in [5, 5.41) is 11.9. The number of aromatic nitrogens is 2. The van der Waals surface area contributed by atoms with Crippen LogP contribution in [0.1, 0.15) is 21.6 Å². The molecule has 6 nitrogen and oxygen atoms in total. The molecule has 1 N–H and O–H groups in total. The number of nitriles is 1. The van der Waals surface area contributed by atoms with Crippen molar-refractivity contribution in [2.45, 2.75) is 6.54 Å². The second-order valence-electron chi connectivity index (χ2n) is 5.73. The Morgan fingerprint density at radius 1 is 1.12 bits per heavy atom. The Balaban J connectivity index is 1.71. The third-order valence-corrected chi connectivity index (χ3v) is 3.75. The molecule has 3 aromatic rings. The summed E-state index contributed by atoms with van der Waals surface area (Å²) in [6.45, 7) is 0.502. The van der Waals surface area contributed by atoms with Gasteiger partial charge in [0, 0.05) is 25.5 Å². The van der Waals surface area contributed by atoms with Gasteiger partial charge in [0.1, 0.15) is 5.69 Å². The zero-order chi connectivity index (χ0) is 18.4. The Morgan fingerprint density at radius 2 is 1.85 bits per heavy atom. The van der Waals surface area contributed by atoms with Crippen LogP contribution in [0.5, 0.6) is 0 Å². The number of rotatable bonds is 5. The maximum atomic E-state index is 12.6. The Labute approximate surface area is 151 Å². The summed E-state index contributed by atoms with van der Waals surface area (Å²) >= 11 is 0. The van der Waals surface area contributed by atoms with Gasteiger partial charge in [-0.25, -0.2) is 9.97 Å². The van der Waals surface area contributed by atoms with Crippen LogP contribution in [0.25, 0.3) is 0 Å². The Kier molecular flexibility index (Phi) is 5.20. The van der Waals surface area contributed by atoms with Crippen molar-refractivity contribution < 1.29 is 4.79 Å². The van der Waals surface area contributed by atoms with Crippen molar-refractivity contribution in [2.75, 3.05) is 12.4 Å². The van der Waals surface area contributed by atoms with Crippen molar-refractivity contribution in [3.05, 3.63) is 83.7 Å². The molecule has 0 aliphatic carbocycles. The summed E-state index contributed by atoms with van der Waals surface area (Å²) < 4.78 is 0. The quantitative estimate of drug-likeness (QED) is 0.768. The van der Waals surface area contributed by atoms with E-state index in [-0.39, 0.29) is 5.91 Å². The third-order valence-electron chi connectivity index (χ3n) is 3.75. The summed E-state index contributed by atoms with van der Waals surface area (Å²) in [4.78, 5) is 22.7. The Morgan fingerprint density at radius 3 is 2.54 bits per heavy atom. The van der Waals surface area contributed by atoms with E-state index in [2.05, 4.69) is 21.4 Å². The zero-order valence-electron chi connectivity index (χ0n) is 14.3. The lowest BCUT2D eigenvalue weighted by Crippen LogP contribution is -2.27. The van der Waals surface area contributed by atoms with Crippen molar-refractivity contribution >= 4 is 17.5 Å². The van der Waals surface area contributed by atoms with Gasteiger partial charge in [-0.15, -0.1) is 0 Å². The van der Waals surface area contributed by atoms with Gasteiger partial charge < -0.3 is 10.2 Å². The molecule has 0 unspecified atom stereocenters. The Bertz CT molecular complexity index is 932. The fourth-order valence-corrected chi connectivity index (χ4v) is 2.42. The van der Waals surface area contributed by atoms with Crippen LogP contribution in [-0.2, 0) is 6.54 Å². The van der Waals surface area contributed by atoms with Gasteiger partial charge in [-0.2, -0.15) is 5.26 Å². The van der Waals surface area contributed by atoms with Crippen LogP contribution in [-0.4, -0.2) is 27.8 Å². The monoisotopic (exact) mass is 343 g/mol. The maximum Gasteiger partial charge on any atom is 0.272 e. The number of hydrogen-bond donors (Lipinski definition) is 1. The summed E-state index contributed by atoms with van der Waals surface area (Å²) in [6, 6.07) is 20.4. The SMILES string of the molecule is CN(Cc1ccccc1)C(=O)c1ccnc(Nc2ccc(C#N)cc2)n1. The first-order chi connectivity index (χ1) is 12.7. The molecule has 2 aromatic carbocycles. The van der Waals surface area contributed by atoms with E-state index in [1.807, 2.05) is 30.3 Å². The van der Waals surface area contributed by atoms with Crippen molar-refractivity contribution in [3.63, 3.8) is 0 Å². The molecule has 128 valence electrons. The summed E-state index contributed by atoms with van der Waals surface area (Å²) in [5.74, 6) is 0.146. The number of carbonyl (C=O) groups is 1. The van der Waals surface area contributed by atoms with Crippen molar-refractivity contribution in [3.8, 4) is 6.07 Å². The number of carbonyl (C=O) groups excluding carboxylic acids is 1. The highest BCUT2D eigenvalue weighted by molar-refractivity contribution is 5.92. The number of benzene rings is 2. The molecule has 0 saturated carbocycles. The van der Waals surface area contributed by atoms with Crippen molar-refractivity contribution in [1.29, 1.82) is 5.26 Å². The summed E-state index contributed by atoms with van der Waals surface area (Å²) in [7, 11) is 1.74. The highest BCUT2D eigenvalue weighted by atomic mass is 16.2. The largest absolute Gasteiger partial charge is 0.336 e. The molecule has 0 aliphatic rings. The lowest BCUT2D eigenvalue weighted by Gasteiger charge is -2.17. The van der Waals surface area contributed by atoms with E-state index in [0.717, 1.165) is 11.3 Å². The first kappa shape index (κ1) is 17.1. The molecule has 3 rings (SSSR count). The minimum Gasteiger partial charge on any atom is -0.336 e. The highest BCUT2D eigenvalue weighted by Gasteiger charge is 2.14. The topological polar surface area (TPSA) is 81.9 Å². The van der Waals surface area contributed by atoms with Gasteiger partial charge in [0.2, 0.25) is 5.95 Å². The van der Waals surface area contributed by atoms with Crippen LogP contribution in [0.3, 0.4) is 0 Å². The van der Waals surface area contributed by atoms with E-state index >= 15 is 0 Å². The molecule has 0 bridgehead atoms. The van der Waals surface area contributed by atoms with E-state index in [9.17, 15) is 4.79 Å². The van der Waals surface area contributed by atoms with E-state index in [1.54, 1.807) is 48.5 Å². The predicted octanol–water partition coefficient (Wildman–Crippen LogP) is 3.36. The zero-order valence-corrected chi connectivity index (χ0v) is 14.3. The normalized spacial score (nSPS) is 10.0. The van der Waals surface area contributed by atoms with Gasteiger partial charge in [0.25, 0.3) is 5.91 Å². The second kappa shape index (κ2) is 7.90. The molecule has 0 saturated heterocycles. The standard InChI is InChI=1S/C20H17N5O/c1-25(14-16-5-3-2-4-6-16)19(26)18-11-12-22-20(24-18)23-17-9-7-15(13-21)8-10-17/h2-12H,14H2,1H3,(H,22,23,24). The highest BCUT2D eigenvalue weighted by Crippen LogP contribution is 2.14. The smallest absolute Gasteiger partial charge is 0.272 e. The molecule has 6 heteroatoms. The molecule has 0 spiro atoms. The van der Waals surface area contributed by atoms with Crippen LogP contribution in [0.15, 0.2) is 66.9 Å². The van der Waals surface area contributed by atoms with Crippen LogP contribution >= 0.6 is 0 Å².